The summed E-state index contributed by atoms with van der Waals surface area (Å²) in [5.74, 6) is -1.73. The van der Waals surface area contributed by atoms with Gasteiger partial charge in [-0.2, -0.15) is 22.8 Å². The molecule has 1 amide bonds. The molecule has 0 radical (unpaired) electrons. The van der Waals surface area contributed by atoms with E-state index in [0.29, 0.717) is 5.56 Å². The average molecular weight is 436 g/mol. The Hall–Kier alpha value is -3.75. The molecule has 2 aromatic heterocycles. The number of nitriles is 1. The number of nitrogens with zero attached hydrogens (tertiary/aromatic N) is 4. The van der Waals surface area contributed by atoms with Crippen molar-refractivity contribution in [3.05, 3.63) is 52.9 Å². The molecular weight excluding hydrogens is 420 g/mol. The normalized spacial score (nSPS) is 20.9. The van der Waals surface area contributed by atoms with Gasteiger partial charge < -0.3 is 15.8 Å². The van der Waals surface area contributed by atoms with Gasteiger partial charge in [-0.25, -0.2) is 15.0 Å². The Morgan fingerprint density at radius 1 is 1.35 bits per heavy atom. The highest BCUT2D eigenvalue weighted by molar-refractivity contribution is 6.03. The monoisotopic (exact) mass is 436 g/mol. The average Bonchev–Trinajstić information content (AvgIpc) is 2.67. The quantitative estimate of drug-likeness (QED) is 0.563. The third-order valence-electron chi connectivity index (χ3n) is 4.67. The molecule has 3 heterocycles. The number of hydrogen-bond acceptors (Lipinski definition) is 7. The van der Waals surface area contributed by atoms with E-state index in [1.165, 1.54) is 19.2 Å². The molecule has 0 fully saturated rings. The number of amides is 1. The molecule has 0 spiro atoms. The number of rotatable bonds is 3. The van der Waals surface area contributed by atoms with Gasteiger partial charge in [0.2, 0.25) is 5.95 Å². The zero-order valence-corrected chi connectivity index (χ0v) is 16.3. The van der Waals surface area contributed by atoms with Crippen LogP contribution in [0.1, 0.15) is 40.5 Å². The fourth-order valence-electron chi connectivity index (χ4n) is 3.17. The number of nitrogens with two attached hydrogens (primary N) is 1. The molecule has 3 N–H and O–H groups in total. The highest BCUT2D eigenvalue weighted by Crippen LogP contribution is 2.41. The van der Waals surface area contributed by atoms with Crippen molar-refractivity contribution in [3.63, 3.8) is 0 Å². The van der Waals surface area contributed by atoms with Crippen LogP contribution in [0.25, 0.3) is 0 Å². The van der Waals surface area contributed by atoms with Crippen molar-refractivity contribution < 1.29 is 27.1 Å². The zero-order valence-electron chi connectivity index (χ0n) is 16.3. The van der Waals surface area contributed by atoms with Crippen LogP contribution in [0.3, 0.4) is 0 Å². The summed E-state index contributed by atoms with van der Waals surface area (Å²) < 4.78 is 58.5. The Balaban J connectivity index is 1.93. The van der Waals surface area contributed by atoms with Gasteiger partial charge in [-0.3, -0.25) is 4.79 Å². The zero-order chi connectivity index (χ0) is 23.0. The summed E-state index contributed by atoms with van der Waals surface area (Å²) in [6.07, 6.45) is -5.53. The Morgan fingerprint density at radius 3 is 2.68 bits per heavy atom. The second-order valence-electron chi connectivity index (χ2n) is 7.09. The number of carbonyl (C=O) groups is 1. The van der Waals surface area contributed by atoms with Crippen LogP contribution in [-0.4, -0.2) is 34.2 Å². The lowest BCUT2D eigenvalue weighted by atomic mass is 9.86. The van der Waals surface area contributed by atoms with E-state index in [0.717, 1.165) is 12.3 Å². The lowest BCUT2D eigenvalue weighted by Gasteiger charge is -2.35. The highest BCUT2D eigenvalue weighted by atomic mass is 19.4. The van der Waals surface area contributed by atoms with Gasteiger partial charge in [-0.05, 0) is 31.5 Å². The molecular formula is C19H16F4N6O2. The van der Waals surface area contributed by atoms with Gasteiger partial charge in [0.1, 0.15) is 11.8 Å². The van der Waals surface area contributed by atoms with Crippen LogP contribution in [-0.2, 0) is 10.3 Å². The fourth-order valence-corrected chi connectivity index (χ4v) is 3.17. The number of halogens is 4. The molecule has 2 aromatic rings. The number of amidine groups is 1. The Bertz CT molecular complexity index is 1110. The van der Waals surface area contributed by atoms with Gasteiger partial charge in [0.25, 0.3) is 11.9 Å². The van der Waals surface area contributed by atoms with Gasteiger partial charge in [0, 0.05) is 18.2 Å². The third-order valence-corrected chi connectivity index (χ3v) is 4.67. The van der Waals surface area contributed by atoms with Gasteiger partial charge in [-0.15, -0.1) is 0 Å². The van der Waals surface area contributed by atoms with Crippen LogP contribution in [0.15, 0.2) is 29.5 Å². The number of nitrogens with one attached hydrogen (secondary N) is 1. The Labute approximate surface area is 173 Å². The van der Waals surface area contributed by atoms with Crippen molar-refractivity contribution in [2.75, 3.05) is 5.32 Å². The largest absolute Gasteiger partial charge is 0.452 e. The van der Waals surface area contributed by atoms with Crippen LogP contribution in [0, 0.1) is 24.2 Å². The third kappa shape index (κ3) is 4.55. The number of pyridine rings is 2. The number of anilines is 1. The molecule has 162 valence electrons. The van der Waals surface area contributed by atoms with E-state index < -0.39 is 42.1 Å². The summed E-state index contributed by atoms with van der Waals surface area (Å²) in [7, 11) is 0. The maximum atomic E-state index is 14.5. The smallest absolute Gasteiger partial charge is 0.425 e. The number of aryl methyl sites for hydroxylation is 1. The second kappa shape index (κ2) is 7.82. The number of carbonyl (C=O) groups excluding carboxylic acids is 1. The van der Waals surface area contributed by atoms with Gasteiger partial charge in [-0.1, -0.05) is 0 Å². The lowest BCUT2D eigenvalue weighted by molar-refractivity contribution is -0.208. The second-order valence-corrected chi connectivity index (χ2v) is 7.09. The van der Waals surface area contributed by atoms with Crippen LogP contribution >= 0.6 is 0 Å². The molecule has 2 atom stereocenters. The van der Waals surface area contributed by atoms with Gasteiger partial charge >= 0.3 is 6.18 Å². The topological polar surface area (TPSA) is 126 Å². The first-order chi connectivity index (χ1) is 14.4. The highest BCUT2D eigenvalue weighted by Gasteiger charge is 2.50. The van der Waals surface area contributed by atoms with Crippen molar-refractivity contribution in [1.29, 1.82) is 5.26 Å². The van der Waals surface area contributed by atoms with Crippen molar-refractivity contribution in [3.8, 4) is 6.07 Å². The minimum absolute atomic E-state index is 0.0111. The van der Waals surface area contributed by atoms with E-state index in [4.69, 9.17) is 11.0 Å². The molecule has 3 rings (SSSR count). The SMILES string of the molecule is Cc1cc(C#N)cnc1C(=O)Nc1cnc(F)c([C@@]2(C)C[C@@H](C(F)(F)F)OC(N)=N2)c1. The fraction of sp³-hybridized carbons (Fsp3) is 0.316. The molecule has 0 saturated heterocycles. The van der Waals surface area contributed by atoms with Crippen LogP contribution in [0.2, 0.25) is 0 Å². The van der Waals surface area contributed by atoms with E-state index in [1.54, 1.807) is 6.92 Å². The summed E-state index contributed by atoms with van der Waals surface area (Å²) in [6.45, 7) is 2.84. The molecule has 0 unspecified atom stereocenters. The first-order valence-electron chi connectivity index (χ1n) is 8.86. The number of aliphatic imine (C=N–C) groups is 1. The molecule has 0 aliphatic carbocycles. The maximum absolute atomic E-state index is 14.5. The minimum Gasteiger partial charge on any atom is -0.452 e. The minimum atomic E-state index is -4.74. The van der Waals surface area contributed by atoms with E-state index in [9.17, 15) is 22.4 Å². The molecule has 12 heteroatoms. The Morgan fingerprint density at radius 2 is 2.06 bits per heavy atom. The summed E-state index contributed by atoms with van der Waals surface area (Å²) in [6, 6.07) is 3.76. The predicted octanol–water partition coefficient (Wildman–Crippen LogP) is 2.93. The first-order valence-corrected chi connectivity index (χ1v) is 8.86. The molecule has 1 aliphatic heterocycles. The van der Waals surface area contributed by atoms with E-state index >= 15 is 0 Å². The Kier molecular flexibility index (Phi) is 5.54. The predicted molar refractivity (Wildman–Crippen MR) is 100 cm³/mol. The van der Waals surface area contributed by atoms with Crippen molar-refractivity contribution >= 4 is 17.6 Å². The molecule has 8 nitrogen and oxygen atoms in total. The van der Waals surface area contributed by atoms with Gasteiger partial charge in [0.05, 0.1) is 23.0 Å². The van der Waals surface area contributed by atoms with Crippen LogP contribution < -0.4 is 11.1 Å². The standard InChI is InChI=1S/C19H16F4N6O2/c1-9-3-10(6-24)7-26-14(9)16(30)28-11-4-12(15(20)27-8-11)18(2)5-13(19(21,22)23)31-17(25)29-18/h3-4,7-8,13H,5H2,1-2H3,(H2,25,29)(H,28,30)/t13-,18+/m0/s1. The number of ether oxygens (including phenoxy) is 1. The summed E-state index contributed by atoms with van der Waals surface area (Å²) in [4.78, 5) is 23.8. The van der Waals surface area contributed by atoms with Crippen LogP contribution in [0.4, 0.5) is 23.2 Å². The van der Waals surface area contributed by atoms with E-state index in [1.807, 2.05) is 6.07 Å². The molecule has 0 saturated carbocycles. The first kappa shape index (κ1) is 21.9. The molecule has 1 aliphatic rings. The van der Waals surface area contributed by atoms with Gasteiger partial charge in [0.15, 0.2) is 6.10 Å². The van der Waals surface area contributed by atoms with Crippen molar-refractivity contribution in [2.45, 2.75) is 38.1 Å². The van der Waals surface area contributed by atoms with E-state index in [-0.39, 0.29) is 22.5 Å². The number of hydrogen-bond donors (Lipinski definition) is 2. The van der Waals surface area contributed by atoms with E-state index in [2.05, 4.69) is 25.0 Å². The summed E-state index contributed by atoms with van der Waals surface area (Å²) >= 11 is 0. The maximum Gasteiger partial charge on any atom is 0.425 e. The molecule has 0 bridgehead atoms. The summed E-state index contributed by atoms with van der Waals surface area (Å²) in [5, 5.41) is 11.4. The van der Waals surface area contributed by atoms with Crippen molar-refractivity contribution in [1.82, 2.24) is 9.97 Å². The lowest BCUT2D eigenvalue weighted by Crippen LogP contribution is -2.46. The van der Waals surface area contributed by atoms with Crippen LogP contribution in [0.5, 0.6) is 0 Å². The number of aromatic nitrogens is 2. The molecule has 0 aromatic carbocycles. The summed E-state index contributed by atoms with van der Waals surface area (Å²) in [5.41, 5.74) is 4.09. The van der Waals surface area contributed by atoms with Crippen molar-refractivity contribution in [2.24, 2.45) is 10.7 Å². The number of alkyl halides is 3. The molecule has 31 heavy (non-hydrogen) atoms.